The number of likely N-dealkylation sites (tertiary alicyclic amines) is 1. The van der Waals surface area contributed by atoms with E-state index in [1.54, 1.807) is 15.7 Å². The molecule has 0 spiro atoms. The summed E-state index contributed by atoms with van der Waals surface area (Å²) < 4.78 is 12.4. The van der Waals surface area contributed by atoms with Crippen molar-refractivity contribution in [2.24, 2.45) is 0 Å². The molecule has 3 aliphatic rings. The molecule has 10 nitrogen and oxygen atoms in total. The number of piperidine rings is 1. The Morgan fingerprint density at radius 2 is 1.82 bits per heavy atom. The molecule has 0 bridgehead atoms. The topological polar surface area (TPSA) is 106 Å². The zero-order chi connectivity index (χ0) is 23.6. The van der Waals surface area contributed by atoms with Crippen molar-refractivity contribution in [1.29, 1.82) is 0 Å². The number of ether oxygens (including phenoxy) is 2. The number of carbonyl (C=O) groups is 3. The summed E-state index contributed by atoms with van der Waals surface area (Å²) >= 11 is 0. The Labute approximate surface area is 194 Å². The van der Waals surface area contributed by atoms with Gasteiger partial charge in [0.15, 0.2) is 12.4 Å². The highest BCUT2D eigenvalue weighted by atomic mass is 16.6. The van der Waals surface area contributed by atoms with Gasteiger partial charge in [0.05, 0.1) is 18.4 Å². The van der Waals surface area contributed by atoms with Crippen molar-refractivity contribution in [1.82, 2.24) is 24.7 Å². The van der Waals surface area contributed by atoms with Crippen LogP contribution in [0.1, 0.15) is 77.2 Å². The van der Waals surface area contributed by atoms with E-state index in [-0.39, 0.29) is 30.8 Å². The van der Waals surface area contributed by atoms with Gasteiger partial charge in [0.25, 0.3) is 0 Å². The SMILES string of the molecule is CC(C)(C)OC(=O)N1CCC(N2Cc3cnc(COC(=O)NC4CCCCC4)n3C2=O)CC1. The Balaban J connectivity index is 1.28. The third-order valence-corrected chi connectivity index (χ3v) is 6.49. The van der Waals surface area contributed by atoms with Crippen molar-refractivity contribution in [3.05, 3.63) is 17.7 Å². The van der Waals surface area contributed by atoms with E-state index in [1.807, 2.05) is 25.7 Å². The summed E-state index contributed by atoms with van der Waals surface area (Å²) in [5.74, 6) is 0.433. The predicted molar refractivity (Wildman–Crippen MR) is 120 cm³/mol. The number of alkyl carbamates (subject to hydrolysis) is 1. The Kier molecular flexibility index (Phi) is 6.81. The summed E-state index contributed by atoms with van der Waals surface area (Å²) in [6, 6.07) is 0.0601. The van der Waals surface area contributed by atoms with E-state index in [0.29, 0.717) is 38.3 Å². The number of aromatic nitrogens is 2. The van der Waals surface area contributed by atoms with Crippen molar-refractivity contribution in [3.8, 4) is 0 Å². The minimum absolute atomic E-state index is 0.0412. The molecule has 2 aliphatic heterocycles. The molecule has 0 atom stereocenters. The molecule has 182 valence electrons. The molecule has 1 saturated heterocycles. The maximum atomic E-state index is 13.1. The van der Waals surface area contributed by atoms with E-state index >= 15 is 0 Å². The molecule has 1 N–H and O–H groups in total. The summed E-state index contributed by atoms with van der Waals surface area (Å²) in [5, 5.41) is 2.91. The van der Waals surface area contributed by atoms with Gasteiger partial charge in [-0.05, 0) is 46.5 Å². The third-order valence-electron chi connectivity index (χ3n) is 6.49. The number of rotatable bonds is 4. The molecule has 3 amide bonds. The zero-order valence-corrected chi connectivity index (χ0v) is 19.8. The highest BCUT2D eigenvalue weighted by Crippen LogP contribution is 2.27. The Hall–Kier alpha value is -2.78. The number of hydrogen-bond acceptors (Lipinski definition) is 6. The van der Waals surface area contributed by atoms with Gasteiger partial charge in [-0.3, -0.25) is 0 Å². The summed E-state index contributed by atoms with van der Waals surface area (Å²) in [6.45, 7) is 7.08. The first-order valence-corrected chi connectivity index (χ1v) is 12.0. The number of nitrogens with one attached hydrogen (secondary N) is 1. The molecule has 4 rings (SSSR count). The summed E-state index contributed by atoms with van der Waals surface area (Å²) in [6.07, 6.45) is 7.71. The van der Waals surface area contributed by atoms with Crippen molar-refractivity contribution >= 4 is 18.2 Å². The van der Waals surface area contributed by atoms with Crippen LogP contribution < -0.4 is 5.32 Å². The van der Waals surface area contributed by atoms with Crippen LogP contribution >= 0.6 is 0 Å². The van der Waals surface area contributed by atoms with E-state index < -0.39 is 11.7 Å². The maximum Gasteiger partial charge on any atom is 0.410 e. The van der Waals surface area contributed by atoms with Gasteiger partial charge in [-0.1, -0.05) is 19.3 Å². The predicted octanol–water partition coefficient (Wildman–Crippen LogP) is 3.63. The molecule has 2 fully saturated rings. The van der Waals surface area contributed by atoms with Gasteiger partial charge in [0.1, 0.15) is 5.60 Å². The zero-order valence-electron chi connectivity index (χ0n) is 19.8. The van der Waals surface area contributed by atoms with Crippen LogP contribution in [-0.4, -0.2) is 68.3 Å². The minimum atomic E-state index is -0.527. The second kappa shape index (κ2) is 9.61. The monoisotopic (exact) mass is 461 g/mol. The van der Waals surface area contributed by atoms with Crippen LogP contribution in [0.15, 0.2) is 6.20 Å². The van der Waals surface area contributed by atoms with E-state index in [2.05, 4.69) is 10.3 Å². The summed E-state index contributed by atoms with van der Waals surface area (Å²) in [4.78, 5) is 45.4. The lowest BCUT2D eigenvalue weighted by Crippen LogP contribution is -2.48. The molecule has 3 heterocycles. The summed E-state index contributed by atoms with van der Waals surface area (Å²) in [7, 11) is 0. The van der Waals surface area contributed by atoms with Gasteiger partial charge in [-0.25, -0.2) is 23.9 Å². The lowest BCUT2D eigenvalue weighted by atomic mass is 9.96. The average molecular weight is 462 g/mol. The van der Waals surface area contributed by atoms with Crippen molar-refractivity contribution < 1.29 is 23.9 Å². The molecule has 1 aromatic rings. The number of fused-ring (bicyclic) bond motifs is 1. The molecular weight excluding hydrogens is 426 g/mol. The minimum Gasteiger partial charge on any atom is -0.444 e. The van der Waals surface area contributed by atoms with E-state index in [1.165, 1.54) is 6.42 Å². The number of imidazole rings is 1. The highest BCUT2D eigenvalue weighted by Gasteiger charge is 2.37. The highest BCUT2D eigenvalue weighted by molar-refractivity contribution is 5.81. The molecule has 0 radical (unpaired) electrons. The van der Waals surface area contributed by atoms with Gasteiger partial charge >= 0.3 is 18.2 Å². The Morgan fingerprint density at radius 3 is 2.48 bits per heavy atom. The lowest BCUT2D eigenvalue weighted by molar-refractivity contribution is 0.0165. The quantitative estimate of drug-likeness (QED) is 0.734. The molecular formula is C23H35N5O5. The fourth-order valence-corrected chi connectivity index (χ4v) is 4.80. The second-order valence-electron chi connectivity index (χ2n) is 10.2. The average Bonchev–Trinajstić information content (AvgIpc) is 3.32. The molecule has 1 aromatic heterocycles. The summed E-state index contributed by atoms with van der Waals surface area (Å²) in [5.41, 5.74) is 0.266. The van der Waals surface area contributed by atoms with Gasteiger partial charge in [0, 0.05) is 25.2 Å². The van der Waals surface area contributed by atoms with Crippen LogP contribution in [0.3, 0.4) is 0 Å². The number of nitrogens with zero attached hydrogens (tertiary/aromatic N) is 4. The van der Waals surface area contributed by atoms with Crippen LogP contribution in [0, 0.1) is 0 Å². The number of amides is 3. The first-order chi connectivity index (χ1) is 15.7. The van der Waals surface area contributed by atoms with Crippen LogP contribution in [0.25, 0.3) is 0 Å². The molecule has 0 aromatic carbocycles. The van der Waals surface area contributed by atoms with Crippen LogP contribution in [0.4, 0.5) is 14.4 Å². The van der Waals surface area contributed by atoms with Gasteiger partial charge in [-0.15, -0.1) is 0 Å². The van der Waals surface area contributed by atoms with E-state index in [0.717, 1.165) is 31.4 Å². The van der Waals surface area contributed by atoms with Crippen molar-refractivity contribution in [2.75, 3.05) is 13.1 Å². The first-order valence-electron chi connectivity index (χ1n) is 12.0. The molecule has 1 aliphatic carbocycles. The fourth-order valence-electron chi connectivity index (χ4n) is 4.80. The molecule has 0 unspecified atom stereocenters. The van der Waals surface area contributed by atoms with Crippen LogP contribution in [0.5, 0.6) is 0 Å². The van der Waals surface area contributed by atoms with Gasteiger partial charge in [-0.2, -0.15) is 0 Å². The Morgan fingerprint density at radius 1 is 1.12 bits per heavy atom. The smallest absolute Gasteiger partial charge is 0.410 e. The number of carbonyl (C=O) groups excluding carboxylic acids is 3. The second-order valence-corrected chi connectivity index (χ2v) is 10.2. The molecule has 33 heavy (non-hydrogen) atoms. The molecule has 1 saturated carbocycles. The lowest BCUT2D eigenvalue weighted by Gasteiger charge is -2.36. The van der Waals surface area contributed by atoms with Crippen LogP contribution in [-0.2, 0) is 22.6 Å². The Bertz CT molecular complexity index is 878. The molecule has 10 heteroatoms. The maximum absolute atomic E-state index is 13.1. The van der Waals surface area contributed by atoms with Gasteiger partial charge in [0.2, 0.25) is 0 Å². The number of hydrogen-bond donors (Lipinski definition) is 1. The van der Waals surface area contributed by atoms with Gasteiger partial charge < -0.3 is 24.6 Å². The van der Waals surface area contributed by atoms with Crippen LogP contribution in [0.2, 0.25) is 0 Å². The largest absolute Gasteiger partial charge is 0.444 e. The normalized spacial score (nSPS) is 20.0. The standard InChI is InChI=1S/C23H35N5O5/c1-23(2,3)33-22(31)26-11-9-17(10-12-26)27-14-18-13-24-19(28(18)21(27)30)15-32-20(29)25-16-7-5-4-6-8-16/h13,16-17H,4-12,14-15H2,1-3H3,(H,25,29). The third kappa shape index (κ3) is 5.59. The van der Waals surface area contributed by atoms with E-state index in [9.17, 15) is 14.4 Å². The fraction of sp³-hybridized carbons (Fsp3) is 0.739. The van der Waals surface area contributed by atoms with Crippen molar-refractivity contribution in [2.45, 2.75) is 96.6 Å². The first kappa shape index (κ1) is 23.4. The van der Waals surface area contributed by atoms with E-state index in [4.69, 9.17) is 9.47 Å². The van der Waals surface area contributed by atoms with Crippen molar-refractivity contribution in [3.63, 3.8) is 0 Å².